The molecule has 0 saturated heterocycles. The standard InChI is InChI=1S/C3H6N2O7P2/c6-13(7,8)12-14(9,10)11-3-4-1-2-5-3/h1-2H,(H,4,5)(H,9,10)(H2,6,7,8). The molecule has 1 rings (SSSR count). The third-order valence-electron chi connectivity index (χ3n) is 0.885. The maximum absolute atomic E-state index is 10.9. The van der Waals surface area contributed by atoms with Crippen molar-refractivity contribution in [3.63, 3.8) is 0 Å². The first-order valence-corrected chi connectivity index (χ1v) is 6.10. The highest BCUT2D eigenvalue weighted by atomic mass is 31.3. The number of nitrogens with zero attached hydrogens (tertiary/aromatic N) is 1. The lowest BCUT2D eigenvalue weighted by Crippen LogP contribution is -1.96. The molecule has 4 N–H and O–H groups in total. The maximum Gasteiger partial charge on any atom is 0.538 e. The van der Waals surface area contributed by atoms with Crippen molar-refractivity contribution in [3.05, 3.63) is 12.4 Å². The number of H-pyrrole nitrogens is 1. The fourth-order valence-electron chi connectivity index (χ4n) is 0.561. The Morgan fingerprint density at radius 3 is 2.43 bits per heavy atom. The quantitative estimate of drug-likeness (QED) is 0.542. The minimum Gasteiger partial charge on any atom is -0.370 e. The molecule has 0 spiro atoms. The molecule has 1 aromatic rings. The zero-order chi connectivity index (χ0) is 10.8. The molecule has 0 bridgehead atoms. The van der Waals surface area contributed by atoms with E-state index in [1.54, 1.807) is 0 Å². The van der Waals surface area contributed by atoms with Crippen LogP contribution in [0.2, 0.25) is 0 Å². The van der Waals surface area contributed by atoms with E-state index >= 15 is 0 Å². The third-order valence-corrected chi connectivity index (χ3v) is 2.96. The number of hydrogen-bond acceptors (Lipinski definition) is 5. The summed E-state index contributed by atoms with van der Waals surface area (Å²) < 4.78 is 28.7. The van der Waals surface area contributed by atoms with Crippen LogP contribution < -0.4 is 4.52 Å². The summed E-state index contributed by atoms with van der Waals surface area (Å²) in [6, 6.07) is -0.385. The Labute approximate surface area is 77.6 Å². The Bertz CT molecular complexity index is 382. The number of phosphoric ester groups is 1. The fourth-order valence-corrected chi connectivity index (χ4v) is 2.09. The molecule has 14 heavy (non-hydrogen) atoms. The number of aromatic amines is 1. The fraction of sp³-hybridized carbons (Fsp3) is 0. The molecule has 80 valence electrons. The molecular weight excluding hydrogens is 238 g/mol. The lowest BCUT2D eigenvalue weighted by atomic mass is 11.0. The monoisotopic (exact) mass is 244 g/mol. The smallest absolute Gasteiger partial charge is 0.370 e. The van der Waals surface area contributed by atoms with Crippen LogP contribution in [0.4, 0.5) is 0 Å². The summed E-state index contributed by atoms with van der Waals surface area (Å²) in [7, 11) is -9.94. The van der Waals surface area contributed by atoms with Crippen molar-refractivity contribution in [1.82, 2.24) is 9.97 Å². The van der Waals surface area contributed by atoms with E-state index in [0.717, 1.165) is 0 Å². The van der Waals surface area contributed by atoms with Gasteiger partial charge in [-0.15, -0.1) is 0 Å². The largest absolute Gasteiger partial charge is 0.538 e. The maximum atomic E-state index is 10.9. The number of rotatable bonds is 4. The minimum atomic E-state index is -5.09. The Hall–Kier alpha value is -0.690. The van der Waals surface area contributed by atoms with Crippen LogP contribution in [0.15, 0.2) is 12.4 Å². The summed E-state index contributed by atoms with van der Waals surface area (Å²) in [5.74, 6) is 0. The zero-order valence-corrected chi connectivity index (χ0v) is 8.26. The van der Waals surface area contributed by atoms with Crippen LogP contribution >= 0.6 is 15.6 Å². The van der Waals surface area contributed by atoms with Gasteiger partial charge in [0.05, 0.1) is 0 Å². The molecule has 11 heteroatoms. The van der Waals surface area contributed by atoms with Gasteiger partial charge in [0.15, 0.2) is 0 Å². The zero-order valence-electron chi connectivity index (χ0n) is 6.47. The molecule has 0 aromatic carbocycles. The van der Waals surface area contributed by atoms with Crippen molar-refractivity contribution in [2.75, 3.05) is 0 Å². The molecule has 0 aliphatic heterocycles. The second-order valence-electron chi connectivity index (χ2n) is 2.03. The van der Waals surface area contributed by atoms with Crippen LogP contribution in [-0.4, -0.2) is 24.6 Å². The number of aromatic nitrogens is 2. The Balaban J connectivity index is 2.68. The second kappa shape index (κ2) is 3.82. The summed E-state index contributed by atoms with van der Waals surface area (Å²) >= 11 is 0. The lowest BCUT2D eigenvalue weighted by Gasteiger charge is -2.10. The minimum absolute atomic E-state index is 0.385. The van der Waals surface area contributed by atoms with Crippen LogP contribution in [-0.2, 0) is 13.4 Å². The highest BCUT2D eigenvalue weighted by molar-refractivity contribution is 7.60. The average molecular weight is 244 g/mol. The SMILES string of the molecule is O=P(O)(O)OP(=O)(O)Oc1ncc[nH]1. The predicted molar refractivity (Wildman–Crippen MR) is 42.2 cm³/mol. The van der Waals surface area contributed by atoms with E-state index < -0.39 is 15.6 Å². The van der Waals surface area contributed by atoms with Gasteiger partial charge < -0.3 is 19.3 Å². The summed E-state index contributed by atoms with van der Waals surface area (Å²) in [4.78, 5) is 30.9. The van der Waals surface area contributed by atoms with Crippen molar-refractivity contribution >= 4 is 15.6 Å². The topological polar surface area (TPSA) is 142 Å². The number of hydrogen-bond donors (Lipinski definition) is 4. The van der Waals surface area contributed by atoms with E-state index in [9.17, 15) is 9.13 Å². The number of phosphoric acid groups is 2. The van der Waals surface area contributed by atoms with Crippen LogP contribution in [0.1, 0.15) is 0 Å². The van der Waals surface area contributed by atoms with Crippen LogP contribution in [0.25, 0.3) is 0 Å². The second-order valence-corrected chi connectivity index (χ2v) is 4.78. The number of nitrogens with one attached hydrogen (secondary N) is 1. The van der Waals surface area contributed by atoms with E-state index in [2.05, 4.69) is 18.8 Å². The van der Waals surface area contributed by atoms with Gasteiger partial charge in [0.25, 0.3) is 0 Å². The summed E-state index contributed by atoms with van der Waals surface area (Å²) in [6.07, 6.45) is 2.50. The van der Waals surface area contributed by atoms with Crippen molar-refractivity contribution < 1.29 is 32.6 Å². The normalized spacial score (nSPS) is 16.2. The predicted octanol–water partition coefficient (Wildman–Crippen LogP) is -0.00180. The van der Waals surface area contributed by atoms with E-state index in [-0.39, 0.29) is 6.01 Å². The van der Waals surface area contributed by atoms with E-state index in [0.29, 0.717) is 0 Å². The first-order chi connectivity index (χ1) is 6.29. The molecule has 0 fully saturated rings. The highest BCUT2D eigenvalue weighted by Gasteiger charge is 2.34. The van der Waals surface area contributed by atoms with Crippen molar-refractivity contribution in [2.45, 2.75) is 0 Å². The van der Waals surface area contributed by atoms with Crippen molar-refractivity contribution in [2.24, 2.45) is 0 Å². The highest BCUT2D eigenvalue weighted by Crippen LogP contribution is 2.56. The molecule has 1 atom stereocenters. The third kappa shape index (κ3) is 4.01. The first kappa shape index (κ1) is 11.4. The molecule has 0 saturated carbocycles. The van der Waals surface area contributed by atoms with Gasteiger partial charge >= 0.3 is 21.7 Å². The molecule has 0 aliphatic rings. The molecule has 9 nitrogen and oxygen atoms in total. The Morgan fingerprint density at radius 2 is 2.00 bits per heavy atom. The lowest BCUT2D eigenvalue weighted by molar-refractivity contribution is 0.226. The summed E-state index contributed by atoms with van der Waals surface area (Å²) in [6.45, 7) is 0. The Kier molecular flexibility index (Phi) is 3.10. The van der Waals surface area contributed by atoms with Gasteiger partial charge in [0, 0.05) is 12.4 Å². The molecule has 1 unspecified atom stereocenters. The van der Waals surface area contributed by atoms with E-state index in [1.165, 1.54) is 12.4 Å². The van der Waals surface area contributed by atoms with Crippen LogP contribution in [0.3, 0.4) is 0 Å². The van der Waals surface area contributed by atoms with Gasteiger partial charge in [-0.1, -0.05) is 0 Å². The van der Waals surface area contributed by atoms with Crippen LogP contribution in [0.5, 0.6) is 6.01 Å². The summed E-state index contributed by atoms with van der Waals surface area (Å²) in [5.41, 5.74) is 0. The summed E-state index contributed by atoms with van der Waals surface area (Å²) in [5, 5.41) is 0. The van der Waals surface area contributed by atoms with Gasteiger partial charge in [-0.25, -0.2) is 14.1 Å². The van der Waals surface area contributed by atoms with Crippen molar-refractivity contribution in [3.8, 4) is 6.01 Å². The molecule has 1 heterocycles. The first-order valence-electron chi connectivity index (χ1n) is 3.07. The average Bonchev–Trinajstić information content (AvgIpc) is 2.31. The number of imidazole rings is 1. The van der Waals surface area contributed by atoms with Crippen molar-refractivity contribution in [1.29, 1.82) is 0 Å². The molecule has 0 amide bonds. The van der Waals surface area contributed by atoms with E-state index in [1.807, 2.05) is 0 Å². The molecule has 1 aromatic heterocycles. The molecule has 0 radical (unpaired) electrons. The van der Waals surface area contributed by atoms with Gasteiger partial charge in [0.1, 0.15) is 0 Å². The van der Waals surface area contributed by atoms with Crippen LogP contribution in [0, 0.1) is 0 Å². The molecule has 0 aliphatic carbocycles. The van der Waals surface area contributed by atoms with Gasteiger partial charge in [-0.3, -0.25) is 4.89 Å². The molecular formula is C3H6N2O7P2. The Morgan fingerprint density at radius 1 is 1.36 bits per heavy atom. The van der Waals surface area contributed by atoms with Gasteiger partial charge in [-0.05, 0) is 0 Å². The van der Waals surface area contributed by atoms with Gasteiger partial charge in [-0.2, -0.15) is 4.31 Å². The van der Waals surface area contributed by atoms with Gasteiger partial charge in [0.2, 0.25) is 0 Å². The van der Waals surface area contributed by atoms with E-state index in [4.69, 9.17) is 14.7 Å².